The number of carbonyl (C=O) groups is 1. The number of hydrogen-bond acceptors (Lipinski definition) is 5. The number of hydrogen-bond donors (Lipinski definition) is 1. The quantitative estimate of drug-likeness (QED) is 0.716. The number of aromatic nitrogens is 2. The summed E-state index contributed by atoms with van der Waals surface area (Å²) in [5.74, 6) is -0.133. The summed E-state index contributed by atoms with van der Waals surface area (Å²) in [6.45, 7) is 2.54. The summed E-state index contributed by atoms with van der Waals surface area (Å²) in [5, 5.41) is 7.86. The van der Waals surface area contributed by atoms with E-state index in [1.54, 1.807) is 11.9 Å². The van der Waals surface area contributed by atoms with E-state index in [1.165, 1.54) is 0 Å². The lowest BCUT2D eigenvalue weighted by atomic mass is 10.5. The minimum Gasteiger partial charge on any atom is -0.374 e. The maximum Gasteiger partial charge on any atom is 0.284 e. The first kappa shape index (κ1) is 8.92. The van der Waals surface area contributed by atoms with Crippen molar-refractivity contribution < 1.29 is 4.79 Å². The molecule has 6 heteroatoms. The van der Waals surface area contributed by atoms with Crippen molar-refractivity contribution in [2.24, 2.45) is 0 Å². The Morgan fingerprint density at radius 3 is 2.75 bits per heavy atom. The number of amides is 1. The van der Waals surface area contributed by atoms with Crippen LogP contribution in [0.25, 0.3) is 0 Å². The average molecular weight is 186 g/mol. The smallest absolute Gasteiger partial charge is 0.284 e. The van der Waals surface area contributed by atoms with Gasteiger partial charge in [-0.3, -0.25) is 4.79 Å². The predicted octanol–water partition coefficient (Wildman–Crippen LogP) is 0.212. The zero-order valence-corrected chi connectivity index (χ0v) is 7.76. The number of nitrogens with zero attached hydrogens (tertiary/aromatic N) is 3. The first-order chi connectivity index (χ1) is 5.65. The SMILES string of the molecule is CCN(C)C(=O)c1nnc(N)s1. The Morgan fingerprint density at radius 2 is 2.33 bits per heavy atom. The molecule has 0 aliphatic carbocycles. The molecule has 12 heavy (non-hydrogen) atoms. The standard InChI is InChI=1S/C6H10N4OS/c1-3-10(2)5(11)4-8-9-6(7)12-4/h3H2,1-2H3,(H2,7,9). The molecule has 0 aromatic carbocycles. The van der Waals surface area contributed by atoms with Crippen molar-refractivity contribution in [3.63, 3.8) is 0 Å². The molecule has 0 unspecified atom stereocenters. The van der Waals surface area contributed by atoms with Gasteiger partial charge in [0, 0.05) is 13.6 Å². The third kappa shape index (κ3) is 1.70. The highest BCUT2D eigenvalue weighted by Gasteiger charge is 2.14. The van der Waals surface area contributed by atoms with Gasteiger partial charge in [0.05, 0.1) is 0 Å². The molecule has 0 atom stereocenters. The van der Waals surface area contributed by atoms with Gasteiger partial charge in [0.15, 0.2) is 0 Å². The topological polar surface area (TPSA) is 72.1 Å². The van der Waals surface area contributed by atoms with E-state index < -0.39 is 0 Å². The molecule has 0 fully saturated rings. The van der Waals surface area contributed by atoms with E-state index in [4.69, 9.17) is 5.73 Å². The van der Waals surface area contributed by atoms with Gasteiger partial charge in [-0.1, -0.05) is 11.3 Å². The lowest BCUT2D eigenvalue weighted by molar-refractivity contribution is 0.0801. The number of rotatable bonds is 2. The number of carbonyl (C=O) groups excluding carboxylic acids is 1. The van der Waals surface area contributed by atoms with E-state index in [1.807, 2.05) is 6.92 Å². The average Bonchev–Trinajstić information content (AvgIpc) is 2.49. The fourth-order valence-electron chi connectivity index (χ4n) is 0.628. The highest BCUT2D eigenvalue weighted by atomic mass is 32.1. The Balaban J connectivity index is 2.78. The Morgan fingerprint density at radius 1 is 1.67 bits per heavy atom. The Bertz CT molecular complexity index is 285. The molecule has 1 aromatic rings. The lowest BCUT2D eigenvalue weighted by Gasteiger charge is -2.10. The van der Waals surface area contributed by atoms with Crippen molar-refractivity contribution in [3.05, 3.63) is 5.01 Å². The maximum atomic E-state index is 11.4. The second-order valence-electron chi connectivity index (χ2n) is 2.26. The second-order valence-corrected chi connectivity index (χ2v) is 3.27. The summed E-state index contributed by atoms with van der Waals surface area (Å²) in [6, 6.07) is 0. The van der Waals surface area contributed by atoms with Crippen LogP contribution in [0.4, 0.5) is 5.13 Å². The van der Waals surface area contributed by atoms with Gasteiger partial charge in [0.2, 0.25) is 10.1 Å². The molecule has 0 spiro atoms. The van der Waals surface area contributed by atoms with Crippen LogP contribution in [0.2, 0.25) is 0 Å². The summed E-state index contributed by atoms with van der Waals surface area (Å²) < 4.78 is 0. The molecular formula is C6H10N4OS. The van der Waals surface area contributed by atoms with Crippen molar-refractivity contribution in [1.29, 1.82) is 0 Å². The van der Waals surface area contributed by atoms with E-state index in [9.17, 15) is 4.79 Å². The number of nitrogens with two attached hydrogens (primary N) is 1. The van der Waals surface area contributed by atoms with Crippen LogP contribution < -0.4 is 5.73 Å². The van der Waals surface area contributed by atoms with Crippen molar-refractivity contribution in [2.45, 2.75) is 6.92 Å². The number of nitrogen functional groups attached to an aromatic ring is 1. The molecule has 2 N–H and O–H groups in total. The van der Waals surface area contributed by atoms with Crippen molar-refractivity contribution >= 4 is 22.4 Å². The molecule has 1 heterocycles. The molecule has 0 saturated heterocycles. The van der Waals surface area contributed by atoms with Crippen LogP contribution in [0.1, 0.15) is 16.7 Å². The second kappa shape index (κ2) is 3.48. The van der Waals surface area contributed by atoms with Crippen LogP contribution in [0, 0.1) is 0 Å². The first-order valence-corrected chi connectivity index (χ1v) is 4.31. The summed E-state index contributed by atoms with van der Waals surface area (Å²) in [7, 11) is 1.71. The summed E-state index contributed by atoms with van der Waals surface area (Å²) in [4.78, 5) is 12.9. The molecule has 1 aromatic heterocycles. The Kier molecular flexibility index (Phi) is 2.59. The maximum absolute atomic E-state index is 11.4. The molecule has 0 aliphatic rings. The van der Waals surface area contributed by atoms with Crippen molar-refractivity contribution in [2.75, 3.05) is 19.3 Å². The fraction of sp³-hybridized carbons (Fsp3) is 0.500. The summed E-state index contributed by atoms with van der Waals surface area (Å²) >= 11 is 1.10. The first-order valence-electron chi connectivity index (χ1n) is 3.49. The minimum absolute atomic E-state index is 0.133. The zero-order chi connectivity index (χ0) is 9.14. The van der Waals surface area contributed by atoms with Crippen molar-refractivity contribution in [3.8, 4) is 0 Å². The molecule has 1 amide bonds. The van der Waals surface area contributed by atoms with Gasteiger partial charge in [-0.2, -0.15) is 0 Å². The molecule has 0 aliphatic heterocycles. The van der Waals surface area contributed by atoms with Crippen LogP contribution >= 0.6 is 11.3 Å². The van der Waals surface area contributed by atoms with E-state index in [0.717, 1.165) is 11.3 Å². The lowest BCUT2D eigenvalue weighted by Crippen LogP contribution is -2.26. The molecule has 66 valence electrons. The van der Waals surface area contributed by atoms with Crippen molar-refractivity contribution in [1.82, 2.24) is 15.1 Å². The largest absolute Gasteiger partial charge is 0.374 e. The monoisotopic (exact) mass is 186 g/mol. The highest BCUT2D eigenvalue weighted by molar-refractivity contribution is 7.16. The minimum atomic E-state index is -0.133. The molecule has 0 radical (unpaired) electrons. The van der Waals surface area contributed by atoms with E-state index in [2.05, 4.69) is 10.2 Å². The number of anilines is 1. The van der Waals surface area contributed by atoms with Gasteiger partial charge in [0.25, 0.3) is 5.91 Å². The molecule has 5 nitrogen and oxygen atoms in total. The normalized spacial score (nSPS) is 9.83. The van der Waals surface area contributed by atoms with E-state index in [0.29, 0.717) is 16.7 Å². The third-order valence-electron chi connectivity index (χ3n) is 1.44. The van der Waals surface area contributed by atoms with Crippen LogP contribution in [0.15, 0.2) is 0 Å². The van der Waals surface area contributed by atoms with Crippen LogP contribution in [0.5, 0.6) is 0 Å². The molecule has 1 rings (SSSR count). The summed E-state index contributed by atoms with van der Waals surface area (Å²) in [5.41, 5.74) is 5.33. The van der Waals surface area contributed by atoms with E-state index >= 15 is 0 Å². The van der Waals surface area contributed by atoms with Crippen LogP contribution in [0.3, 0.4) is 0 Å². The molecular weight excluding hydrogens is 176 g/mol. The van der Waals surface area contributed by atoms with E-state index in [-0.39, 0.29) is 5.91 Å². The Hall–Kier alpha value is -1.17. The third-order valence-corrected chi connectivity index (χ3v) is 2.19. The van der Waals surface area contributed by atoms with Gasteiger partial charge in [-0.25, -0.2) is 0 Å². The predicted molar refractivity (Wildman–Crippen MR) is 47.0 cm³/mol. The molecule has 0 bridgehead atoms. The fourth-order valence-corrected chi connectivity index (χ4v) is 1.23. The van der Waals surface area contributed by atoms with Gasteiger partial charge in [0.1, 0.15) is 0 Å². The van der Waals surface area contributed by atoms with Gasteiger partial charge in [-0.05, 0) is 6.92 Å². The highest BCUT2D eigenvalue weighted by Crippen LogP contribution is 2.12. The Labute approximate surface area is 74.2 Å². The zero-order valence-electron chi connectivity index (χ0n) is 6.94. The van der Waals surface area contributed by atoms with Gasteiger partial charge < -0.3 is 10.6 Å². The van der Waals surface area contributed by atoms with Gasteiger partial charge in [-0.15, -0.1) is 10.2 Å². The molecule has 0 saturated carbocycles. The van der Waals surface area contributed by atoms with Crippen LogP contribution in [-0.2, 0) is 0 Å². The van der Waals surface area contributed by atoms with Crippen LogP contribution in [-0.4, -0.2) is 34.6 Å². The summed E-state index contributed by atoms with van der Waals surface area (Å²) in [6.07, 6.45) is 0. The van der Waals surface area contributed by atoms with Gasteiger partial charge >= 0.3 is 0 Å².